The van der Waals surface area contributed by atoms with Crippen molar-refractivity contribution < 1.29 is 28.5 Å². The molecule has 45 heavy (non-hydrogen) atoms. The van der Waals surface area contributed by atoms with Gasteiger partial charge in [-0.05, 0) is 41.5 Å². The molecule has 0 saturated carbocycles. The van der Waals surface area contributed by atoms with E-state index in [2.05, 4.69) is 0 Å². The molecule has 0 aliphatic carbocycles. The van der Waals surface area contributed by atoms with E-state index in [4.69, 9.17) is 18.9 Å². The summed E-state index contributed by atoms with van der Waals surface area (Å²) in [7, 11) is 0. The van der Waals surface area contributed by atoms with Crippen LogP contribution in [0.15, 0.2) is 121 Å². The van der Waals surface area contributed by atoms with Crippen LogP contribution in [0.2, 0.25) is 0 Å². The number of ether oxygens (including phenoxy) is 4. The molecule has 4 aromatic rings. The molecule has 7 heteroatoms. The van der Waals surface area contributed by atoms with Gasteiger partial charge in [0, 0.05) is 6.54 Å². The summed E-state index contributed by atoms with van der Waals surface area (Å²) < 4.78 is 23.9. The molecule has 0 N–H and O–H groups in total. The van der Waals surface area contributed by atoms with Gasteiger partial charge in [0.2, 0.25) is 0 Å². The maximum absolute atomic E-state index is 14.2. The fourth-order valence-corrected chi connectivity index (χ4v) is 5.63. The average molecular weight is 608 g/mol. The maximum Gasteiger partial charge on any atom is 0.410 e. The predicted molar refractivity (Wildman–Crippen MR) is 172 cm³/mol. The Balaban J connectivity index is 1.30. The van der Waals surface area contributed by atoms with Crippen LogP contribution in [0.1, 0.15) is 47.4 Å². The van der Waals surface area contributed by atoms with Gasteiger partial charge in [-0.15, -0.1) is 0 Å². The molecule has 2 atom stereocenters. The fraction of sp³-hybridized carbons (Fsp3) is 0.316. The Bertz CT molecular complexity index is 1390. The van der Waals surface area contributed by atoms with Gasteiger partial charge in [-0.1, -0.05) is 121 Å². The number of piperidine rings is 1. The van der Waals surface area contributed by atoms with E-state index in [1.54, 1.807) is 4.90 Å². The number of carbonyl (C=O) groups is 2. The first-order chi connectivity index (χ1) is 22.2. The van der Waals surface area contributed by atoms with Crippen LogP contribution in [0.4, 0.5) is 4.79 Å². The zero-order chi connectivity index (χ0) is 31.1. The second kappa shape index (κ2) is 17.1. The van der Waals surface area contributed by atoms with Gasteiger partial charge in [-0.3, -0.25) is 4.79 Å². The molecule has 2 unspecified atom stereocenters. The van der Waals surface area contributed by atoms with Gasteiger partial charge < -0.3 is 23.8 Å². The van der Waals surface area contributed by atoms with Crippen molar-refractivity contribution in [3.8, 4) is 0 Å². The first-order valence-electron chi connectivity index (χ1n) is 15.6. The number of likely N-dealkylation sites (tertiary alicyclic amines) is 1. The summed E-state index contributed by atoms with van der Waals surface area (Å²) in [6.07, 6.45) is 1.34. The van der Waals surface area contributed by atoms with E-state index in [-0.39, 0.29) is 19.8 Å². The number of amides is 1. The Hall–Kier alpha value is -4.46. The Morgan fingerprint density at radius 1 is 0.644 bits per heavy atom. The Morgan fingerprint density at radius 2 is 1.13 bits per heavy atom. The lowest BCUT2D eigenvalue weighted by Crippen LogP contribution is -2.49. The van der Waals surface area contributed by atoms with Crippen LogP contribution in [-0.2, 0) is 43.6 Å². The second-order valence-corrected chi connectivity index (χ2v) is 11.2. The molecule has 0 aromatic heterocycles. The van der Waals surface area contributed by atoms with Gasteiger partial charge in [-0.25, -0.2) is 4.79 Å². The number of nitrogens with zero attached hydrogens (tertiary/aromatic N) is 1. The summed E-state index contributed by atoms with van der Waals surface area (Å²) in [5, 5.41) is 0. The molecule has 0 spiro atoms. The Morgan fingerprint density at radius 3 is 1.67 bits per heavy atom. The highest BCUT2D eigenvalue weighted by atomic mass is 16.6. The minimum atomic E-state index is -0.693. The number of hydrogen-bond donors (Lipinski definition) is 0. The van der Waals surface area contributed by atoms with Crippen molar-refractivity contribution in [3.05, 3.63) is 144 Å². The standard InChI is InChI=1S/C38H41NO6/c40-37(45-34(28-42-25-30-15-5-1-6-16-30)29-43-26-31-17-7-2-8-18-31)36(33-21-11-4-12-22-33)35-23-13-14-24-39(35)38(41)44-27-32-19-9-3-10-20-32/h1-12,15-22,34-36H,13-14,23-29H2. The van der Waals surface area contributed by atoms with Crippen molar-refractivity contribution in [1.29, 1.82) is 0 Å². The van der Waals surface area contributed by atoms with Crippen LogP contribution in [0, 0.1) is 0 Å². The zero-order valence-corrected chi connectivity index (χ0v) is 25.5. The van der Waals surface area contributed by atoms with E-state index in [1.165, 1.54) is 0 Å². The van der Waals surface area contributed by atoms with Crippen molar-refractivity contribution in [2.45, 2.75) is 57.1 Å². The van der Waals surface area contributed by atoms with E-state index in [1.807, 2.05) is 121 Å². The van der Waals surface area contributed by atoms with E-state index in [0.717, 1.165) is 35.1 Å². The van der Waals surface area contributed by atoms with Crippen molar-refractivity contribution in [2.24, 2.45) is 0 Å². The third-order valence-corrected chi connectivity index (χ3v) is 7.90. The molecule has 1 aliphatic rings. The van der Waals surface area contributed by atoms with Gasteiger partial charge >= 0.3 is 12.1 Å². The lowest BCUT2D eigenvalue weighted by molar-refractivity contribution is -0.160. The smallest absolute Gasteiger partial charge is 0.410 e. The highest BCUT2D eigenvalue weighted by Gasteiger charge is 2.40. The second-order valence-electron chi connectivity index (χ2n) is 11.2. The molecule has 0 bridgehead atoms. The normalized spacial score (nSPS) is 15.4. The summed E-state index contributed by atoms with van der Waals surface area (Å²) >= 11 is 0. The molecule has 234 valence electrons. The van der Waals surface area contributed by atoms with Crippen molar-refractivity contribution in [3.63, 3.8) is 0 Å². The fourth-order valence-electron chi connectivity index (χ4n) is 5.63. The molecule has 1 saturated heterocycles. The van der Waals surface area contributed by atoms with Crippen LogP contribution in [0.3, 0.4) is 0 Å². The minimum Gasteiger partial charge on any atom is -0.457 e. The molecular weight excluding hydrogens is 566 g/mol. The summed E-state index contributed by atoms with van der Waals surface area (Å²) in [5.74, 6) is -1.10. The lowest BCUT2D eigenvalue weighted by atomic mass is 9.85. The van der Waals surface area contributed by atoms with Crippen LogP contribution in [-0.4, -0.2) is 48.9 Å². The quantitative estimate of drug-likeness (QED) is 0.140. The first kappa shape index (κ1) is 31.9. The molecule has 1 amide bonds. The molecule has 4 aromatic carbocycles. The van der Waals surface area contributed by atoms with Crippen LogP contribution in [0.5, 0.6) is 0 Å². The third kappa shape index (κ3) is 9.76. The third-order valence-electron chi connectivity index (χ3n) is 7.90. The number of rotatable bonds is 14. The van der Waals surface area contributed by atoms with Gasteiger partial charge in [0.1, 0.15) is 18.6 Å². The SMILES string of the molecule is O=C(OC(COCc1ccccc1)COCc1ccccc1)C(c1ccccc1)C1CCCCN1C(=O)OCc1ccccc1. The number of hydrogen-bond acceptors (Lipinski definition) is 6. The first-order valence-corrected chi connectivity index (χ1v) is 15.6. The summed E-state index contributed by atoms with van der Waals surface area (Å²) in [4.78, 5) is 29.3. The van der Waals surface area contributed by atoms with Crippen molar-refractivity contribution >= 4 is 12.1 Å². The molecule has 0 radical (unpaired) electrons. The summed E-state index contributed by atoms with van der Waals surface area (Å²) in [6, 6.07) is 38.5. The topological polar surface area (TPSA) is 74.3 Å². The van der Waals surface area contributed by atoms with Gasteiger partial charge in [0.05, 0.1) is 32.5 Å². The Kier molecular flexibility index (Phi) is 12.2. The van der Waals surface area contributed by atoms with E-state index in [0.29, 0.717) is 26.2 Å². The van der Waals surface area contributed by atoms with Crippen LogP contribution in [0.25, 0.3) is 0 Å². The van der Waals surface area contributed by atoms with E-state index < -0.39 is 30.1 Å². The monoisotopic (exact) mass is 607 g/mol. The number of carbonyl (C=O) groups excluding carboxylic acids is 2. The zero-order valence-electron chi connectivity index (χ0n) is 25.5. The van der Waals surface area contributed by atoms with Gasteiger partial charge in [0.25, 0.3) is 0 Å². The molecule has 1 fully saturated rings. The summed E-state index contributed by atoms with van der Waals surface area (Å²) in [5.41, 5.74) is 3.76. The molecule has 1 aliphatic heterocycles. The van der Waals surface area contributed by atoms with E-state index in [9.17, 15) is 9.59 Å². The highest BCUT2D eigenvalue weighted by Crippen LogP contribution is 2.33. The Labute approximate surface area is 265 Å². The molecule has 7 nitrogen and oxygen atoms in total. The minimum absolute atomic E-state index is 0.170. The predicted octanol–water partition coefficient (Wildman–Crippen LogP) is 7.31. The molecule has 1 heterocycles. The number of benzene rings is 4. The van der Waals surface area contributed by atoms with Crippen molar-refractivity contribution in [1.82, 2.24) is 4.90 Å². The summed E-state index contributed by atoms with van der Waals surface area (Å²) in [6.45, 7) is 1.80. The average Bonchev–Trinajstić information content (AvgIpc) is 3.09. The molecular formula is C38H41NO6. The maximum atomic E-state index is 14.2. The van der Waals surface area contributed by atoms with Crippen LogP contribution >= 0.6 is 0 Å². The van der Waals surface area contributed by atoms with Crippen molar-refractivity contribution in [2.75, 3.05) is 19.8 Å². The molecule has 5 rings (SSSR count). The van der Waals surface area contributed by atoms with Gasteiger partial charge in [-0.2, -0.15) is 0 Å². The number of esters is 1. The largest absolute Gasteiger partial charge is 0.457 e. The van der Waals surface area contributed by atoms with Crippen LogP contribution < -0.4 is 0 Å². The lowest BCUT2D eigenvalue weighted by Gasteiger charge is -2.39. The van der Waals surface area contributed by atoms with Gasteiger partial charge in [0.15, 0.2) is 0 Å². The highest BCUT2D eigenvalue weighted by molar-refractivity contribution is 5.81. The van der Waals surface area contributed by atoms with E-state index >= 15 is 0 Å².